The molecular formula is C16H26O2S. The minimum Gasteiger partial charge on any atom is -0.224 e. The van der Waals surface area contributed by atoms with Gasteiger partial charge >= 0.3 is 0 Å². The third-order valence-electron chi connectivity index (χ3n) is 4.06. The number of rotatable bonds is 4. The molecule has 2 atom stereocenters. The Morgan fingerprint density at radius 2 is 1.53 bits per heavy atom. The molecule has 1 rings (SSSR count). The SMILES string of the molecule is CC(CC(C)C(C)(C)C)c1ccc(S(C)(=O)=O)cc1. The standard InChI is InChI=1S/C16H26O2S/c1-12(11-13(2)16(3,4)5)14-7-9-15(10-8-14)19(6,17)18/h7-10,12-13H,11H2,1-6H3. The fourth-order valence-electron chi connectivity index (χ4n) is 2.06. The van der Waals surface area contributed by atoms with E-state index >= 15 is 0 Å². The Hall–Kier alpha value is -0.830. The summed E-state index contributed by atoms with van der Waals surface area (Å²) in [5, 5.41) is 0. The van der Waals surface area contributed by atoms with Gasteiger partial charge in [0.15, 0.2) is 9.84 Å². The fraction of sp³-hybridized carbons (Fsp3) is 0.625. The minimum absolute atomic E-state index is 0.307. The second-order valence-electron chi connectivity index (χ2n) is 6.75. The maximum atomic E-state index is 11.4. The van der Waals surface area contributed by atoms with Gasteiger partial charge < -0.3 is 0 Å². The smallest absolute Gasteiger partial charge is 0.175 e. The van der Waals surface area contributed by atoms with E-state index in [-0.39, 0.29) is 0 Å². The van der Waals surface area contributed by atoms with Gasteiger partial charge in [0.25, 0.3) is 0 Å². The zero-order chi connectivity index (χ0) is 14.8. The van der Waals surface area contributed by atoms with Crippen LogP contribution in [0.2, 0.25) is 0 Å². The molecule has 0 spiro atoms. The summed E-state index contributed by atoms with van der Waals surface area (Å²) >= 11 is 0. The number of hydrogen-bond acceptors (Lipinski definition) is 2. The molecule has 1 aromatic carbocycles. The van der Waals surface area contributed by atoms with E-state index in [2.05, 4.69) is 34.6 Å². The van der Waals surface area contributed by atoms with Crippen molar-refractivity contribution in [1.29, 1.82) is 0 Å². The molecule has 0 heterocycles. The van der Waals surface area contributed by atoms with E-state index < -0.39 is 9.84 Å². The van der Waals surface area contributed by atoms with E-state index in [0.29, 0.717) is 22.1 Å². The molecule has 0 bridgehead atoms. The zero-order valence-electron chi connectivity index (χ0n) is 12.9. The highest BCUT2D eigenvalue weighted by Crippen LogP contribution is 2.34. The second-order valence-corrected chi connectivity index (χ2v) is 8.76. The highest BCUT2D eigenvalue weighted by atomic mass is 32.2. The molecule has 0 aromatic heterocycles. The predicted octanol–water partition coefficient (Wildman–Crippen LogP) is 4.27. The Labute approximate surface area is 118 Å². The average Bonchev–Trinajstić information content (AvgIpc) is 2.26. The van der Waals surface area contributed by atoms with Gasteiger partial charge in [0, 0.05) is 6.26 Å². The van der Waals surface area contributed by atoms with E-state index in [9.17, 15) is 8.42 Å². The minimum atomic E-state index is -3.09. The van der Waals surface area contributed by atoms with Crippen LogP contribution in [0.1, 0.15) is 52.5 Å². The van der Waals surface area contributed by atoms with Crippen molar-refractivity contribution >= 4 is 9.84 Å². The van der Waals surface area contributed by atoms with Gasteiger partial charge in [-0.3, -0.25) is 0 Å². The molecule has 0 radical (unpaired) electrons. The molecule has 0 saturated heterocycles. The Morgan fingerprint density at radius 1 is 1.05 bits per heavy atom. The molecule has 108 valence electrons. The van der Waals surface area contributed by atoms with Crippen molar-refractivity contribution in [2.24, 2.45) is 11.3 Å². The van der Waals surface area contributed by atoms with Crippen LogP contribution in [0.3, 0.4) is 0 Å². The lowest BCUT2D eigenvalue weighted by atomic mass is 9.76. The molecule has 0 amide bonds. The first-order valence-corrected chi connectivity index (χ1v) is 8.71. The van der Waals surface area contributed by atoms with Crippen molar-refractivity contribution < 1.29 is 8.42 Å². The predicted molar refractivity (Wildman–Crippen MR) is 81.2 cm³/mol. The highest BCUT2D eigenvalue weighted by molar-refractivity contribution is 7.90. The van der Waals surface area contributed by atoms with Crippen molar-refractivity contribution in [2.45, 2.75) is 51.9 Å². The van der Waals surface area contributed by atoms with E-state index in [1.807, 2.05) is 12.1 Å². The van der Waals surface area contributed by atoms with Crippen molar-refractivity contribution in [1.82, 2.24) is 0 Å². The van der Waals surface area contributed by atoms with Gasteiger partial charge in [-0.2, -0.15) is 0 Å². The topological polar surface area (TPSA) is 34.1 Å². The van der Waals surface area contributed by atoms with E-state index in [4.69, 9.17) is 0 Å². The van der Waals surface area contributed by atoms with E-state index in [1.54, 1.807) is 12.1 Å². The monoisotopic (exact) mass is 282 g/mol. The number of benzene rings is 1. The summed E-state index contributed by atoms with van der Waals surface area (Å²) in [5.74, 6) is 1.07. The summed E-state index contributed by atoms with van der Waals surface area (Å²) in [5.41, 5.74) is 1.52. The molecule has 0 aliphatic heterocycles. The van der Waals surface area contributed by atoms with Crippen LogP contribution < -0.4 is 0 Å². The molecule has 2 unspecified atom stereocenters. The third kappa shape index (κ3) is 4.64. The van der Waals surface area contributed by atoms with Crippen LogP contribution in [0.15, 0.2) is 29.2 Å². The third-order valence-corrected chi connectivity index (χ3v) is 5.19. The van der Waals surface area contributed by atoms with Crippen LogP contribution in [0, 0.1) is 11.3 Å². The van der Waals surface area contributed by atoms with Crippen molar-refractivity contribution in [3.05, 3.63) is 29.8 Å². The second kappa shape index (κ2) is 5.66. The van der Waals surface area contributed by atoms with Gasteiger partial charge in [0.05, 0.1) is 4.90 Å². The first-order chi connectivity index (χ1) is 8.51. The van der Waals surface area contributed by atoms with Crippen LogP contribution in [0.25, 0.3) is 0 Å². The van der Waals surface area contributed by atoms with Crippen molar-refractivity contribution in [3.63, 3.8) is 0 Å². The lowest BCUT2D eigenvalue weighted by Gasteiger charge is -2.29. The number of sulfone groups is 1. The van der Waals surface area contributed by atoms with Gasteiger partial charge in [-0.25, -0.2) is 8.42 Å². The fourth-order valence-corrected chi connectivity index (χ4v) is 2.69. The molecule has 2 nitrogen and oxygen atoms in total. The van der Waals surface area contributed by atoms with Gasteiger partial charge in [0.2, 0.25) is 0 Å². The summed E-state index contributed by atoms with van der Waals surface area (Å²) in [6.07, 6.45) is 2.36. The Bertz CT molecular complexity index is 507. The normalized spacial score (nSPS) is 16.1. The van der Waals surface area contributed by atoms with Gasteiger partial charge in [-0.1, -0.05) is 46.8 Å². The molecule has 0 aliphatic carbocycles. The highest BCUT2D eigenvalue weighted by Gasteiger charge is 2.22. The summed E-state index contributed by atoms with van der Waals surface area (Å²) in [4.78, 5) is 0.396. The van der Waals surface area contributed by atoms with Gasteiger partial charge in [-0.05, 0) is 41.4 Å². The van der Waals surface area contributed by atoms with E-state index in [1.165, 1.54) is 11.8 Å². The quantitative estimate of drug-likeness (QED) is 0.826. The van der Waals surface area contributed by atoms with Crippen LogP contribution in [-0.2, 0) is 9.84 Å². The van der Waals surface area contributed by atoms with E-state index in [0.717, 1.165) is 6.42 Å². The lowest BCUT2D eigenvalue weighted by molar-refractivity contribution is 0.236. The molecule has 3 heteroatoms. The van der Waals surface area contributed by atoms with Crippen LogP contribution in [-0.4, -0.2) is 14.7 Å². The van der Waals surface area contributed by atoms with Gasteiger partial charge in [0.1, 0.15) is 0 Å². The molecule has 0 aliphatic rings. The summed E-state index contributed by atoms with van der Waals surface area (Å²) in [6.45, 7) is 11.3. The molecule has 19 heavy (non-hydrogen) atoms. The summed E-state index contributed by atoms with van der Waals surface area (Å²) in [7, 11) is -3.09. The largest absolute Gasteiger partial charge is 0.224 e. The molecule has 0 saturated carbocycles. The zero-order valence-corrected chi connectivity index (χ0v) is 13.7. The molecular weight excluding hydrogens is 256 g/mol. The summed E-state index contributed by atoms with van der Waals surface area (Å²) < 4.78 is 22.8. The molecule has 0 fully saturated rings. The van der Waals surface area contributed by atoms with Crippen molar-refractivity contribution in [2.75, 3.05) is 6.26 Å². The van der Waals surface area contributed by atoms with Gasteiger partial charge in [-0.15, -0.1) is 0 Å². The molecule has 0 N–H and O–H groups in total. The Balaban J connectivity index is 2.82. The first-order valence-electron chi connectivity index (χ1n) is 6.82. The Morgan fingerprint density at radius 3 is 1.89 bits per heavy atom. The first kappa shape index (κ1) is 16.2. The van der Waals surface area contributed by atoms with Crippen LogP contribution >= 0.6 is 0 Å². The lowest BCUT2D eigenvalue weighted by Crippen LogP contribution is -2.19. The average molecular weight is 282 g/mol. The summed E-state index contributed by atoms with van der Waals surface area (Å²) in [6, 6.07) is 7.30. The maximum absolute atomic E-state index is 11.4. The Kier molecular flexibility index (Phi) is 4.83. The maximum Gasteiger partial charge on any atom is 0.175 e. The molecule has 1 aromatic rings. The van der Waals surface area contributed by atoms with Crippen LogP contribution in [0.5, 0.6) is 0 Å². The van der Waals surface area contributed by atoms with Crippen LogP contribution in [0.4, 0.5) is 0 Å². The number of hydrogen-bond donors (Lipinski definition) is 0. The van der Waals surface area contributed by atoms with Crippen molar-refractivity contribution in [3.8, 4) is 0 Å².